The van der Waals surface area contributed by atoms with Crippen molar-refractivity contribution in [2.45, 2.75) is 18.9 Å². The first kappa shape index (κ1) is 12.3. The Morgan fingerprint density at radius 1 is 1.37 bits per heavy atom. The van der Waals surface area contributed by atoms with Crippen LogP contribution in [0.25, 0.3) is 0 Å². The second-order valence-electron chi connectivity index (χ2n) is 5.31. The number of rotatable bonds is 3. The molecule has 2 bridgehead atoms. The molecule has 0 radical (unpaired) electrons. The molecule has 3 heterocycles. The van der Waals surface area contributed by atoms with E-state index in [0.29, 0.717) is 17.6 Å². The Labute approximate surface area is 110 Å². The van der Waals surface area contributed by atoms with Crippen molar-refractivity contribution in [3.05, 3.63) is 34.1 Å². The van der Waals surface area contributed by atoms with E-state index < -0.39 is 16.4 Å². The molecular formula is C13H16FN3O2. The van der Waals surface area contributed by atoms with Gasteiger partial charge in [0.1, 0.15) is 0 Å². The summed E-state index contributed by atoms with van der Waals surface area (Å²) in [7, 11) is 0. The van der Waals surface area contributed by atoms with Crippen LogP contribution in [0.4, 0.5) is 15.8 Å². The number of nitro benzene ring substituents is 1. The second kappa shape index (κ2) is 4.77. The molecule has 1 N–H and O–H groups in total. The van der Waals surface area contributed by atoms with Crippen molar-refractivity contribution in [1.82, 2.24) is 4.90 Å². The number of nitrogens with one attached hydrogen (secondary N) is 1. The van der Waals surface area contributed by atoms with Crippen LogP contribution in [-0.4, -0.2) is 35.5 Å². The first-order chi connectivity index (χ1) is 9.13. The van der Waals surface area contributed by atoms with Crippen LogP contribution in [0.2, 0.25) is 0 Å². The fraction of sp³-hybridized carbons (Fsp3) is 0.538. The number of piperidine rings is 3. The molecule has 0 saturated carbocycles. The van der Waals surface area contributed by atoms with Gasteiger partial charge in [0.15, 0.2) is 0 Å². The van der Waals surface area contributed by atoms with Gasteiger partial charge in [0.2, 0.25) is 5.82 Å². The van der Waals surface area contributed by atoms with Crippen LogP contribution in [0.15, 0.2) is 18.2 Å². The molecule has 1 aromatic carbocycles. The zero-order valence-corrected chi connectivity index (χ0v) is 10.5. The Balaban J connectivity index is 1.76. The van der Waals surface area contributed by atoms with E-state index in [0.717, 1.165) is 25.7 Å². The fourth-order valence-corrected chi connectivity index (χ4v) is 3.09. The zero-order chi connectivity index (χ0) is 13.4. The molecule has 5 nitrogen and oxygen atoms in total. The van der Waals surface area contributed by atoms with E-state index in [1.54, 1.807) is 6.07 Å². The van der Waals surface area contributed by atoms with Gasteiger partial charge in [-0.15, -0.1) is 0 Å². The molecule has 0 spiro atoms. The van der Waals surface area contributed by atoms with Gasteiger partial charge in [-0.2, -0.15) is 4.39 Å². The third kappa shape index (κ3) is 2.40. The topological polar surface area (TPSA) is 58.4 Å². The molecular weight excluding hydrogens is 249 g/mol. The van der Waals surface area contributed by atoms with Crippen LogP contribution in [-0.2, 0) is 0 Å². The quantitative estimate of drug-likeness (QED) is 0.672. The maximum absolute atomic E-state index is 13.3. The largest absolute Gasteiger partial charge is 0.381 e. The molecule has 3 aliphatic rings. The molecule has 3 fully saturated rings. The maximum Gasteiger partial charge on any atom is 0.306 e. The number of benzene rings is 1. The summed E-state index contributed by atoms with van der Waals surface area (Å²) < 4.78 is 13.3. The van der Waals surface area contributed by atoms with Gasteiger partial charge in [0, 0.05) is 24.3 Å². The molecule has 0 amide bonds. The maximum atomic E-state index is 13.3. The number of nitro groups is 1. The van der Waals surface area contributed by atoms with E-state index in [1.165, 1.54) is 18.9 Å². The second-order valence-corrected chi connectivity index (χ2v) is 5.31. The minimum Gasteiger partial charge on any atom is -0.381 e. The van der Waals surface area contributed by atoms with Gasteiger partial charge in [0.05, 0.1) is 4.92 Å². The Hall–Kier alpha value is -1.69. The number of nitrogens with zero attached hydrogens (tertiary/aromatic N) is 2. The summed E-state index contributed by atoms with van der Waals surface area (Å²) in [5.41, 5.74) is 0.165. The predicted octanol–water partition coefficient (Wildman–Crippen LogP) is 2.24. The number of fused-ring (bicyclic) bond motifs is 3. The van der Waals surface area contributed by atoms with E-state index in [2.05, 4.69) is 10.2 Å². The van der Waals surface area contributed by atoms with Gasteiger partial charge in [0.25, 0.3) is 0 Å². The van der Waals surface area contributed by atoms with E-state index in [-0.39, 0.29) is 0 Å². The third-order valence-electron chi connectivity index (χ3n) is 4.15. The van der Waals surface area contributed by atoms with Crippen molar-refractivity contribution >= 4 is 11.4 Å². The summed E-state index contributed by atoms with van der Waals surface area (Å²) >= 11 is 0. The summed E-state index contributed by atoms with van der Waals surface area (Å²) in [5.74, 6) is -0.168. The summed E-state index contributed by atoms with van der Waals surface area (Å²) in [6.07, 6.45) is 2.34. The van der Waals surface area contributed by atoms with Crippen LogP contribution in [0, 0.1) is 21.8 Å². The highest BCUT2D eigenvalue weighted by atomic mass is 19.1. The molecule has 102 valence electrons. The minimum atomic E-state index is -0.788. The lowest BCUT2D eigenvalue weighted by Crippen LogP contribution is -2.53. The lowest BCUT2D eigenvalue weighted by Gasteiger charge is -2.45. The Bertz CT molecular complexity index is 501. The average molecular weight is 265 g/mol. The molecule has 4 rings (SSSR count). The third-order valence-corrected chi connectivity index (χ3v) is 4.15. The lowest BCUT2D eigenvalue weighted by molar-refractivity contribution is -0.387. The van der Waals surface area contributed by atoms with Gasteiger partial charge in [-0.25, -0.2) is 0 Å². The molecule has 1 unspecified atom stereocenters. The van der Waals surface area contributed by atoms with Crippen LogP contribution >= 0.6 is 0 Å². The first-order valence-corrected chi connectivity index (χ1v) is 6.56. The van der Waals surface area contributed by atoms with Crippen molar-refractivity contribution in [2.75, 3.05) is 25.0 Å². The summed E-state index contributed by atoms with van der Waals surface area (Å²) in [5, 5.41) is 14.0. The van der Waals surface area contributed by atoms with E-state index in [9.17, 15) is 14.5 Å². The highest BCUT2D eigenvalue weighted by molar-refractivity contribution is 5.52. The zero-order valence-electron chi connectivity index (χ0n) is 10.5. The lowest BCUT2D eigenvalue weighted by atomic mass is 9.84. The summed E-state index contributed by atoms with van der Waals surface area (Å²) in [6, 6.07) is 4.32. The Morgan fingerprint density at radius 2 is 2.11 bits per heavy atom. The van der Waals surface area contributed by atoms with Gasteiger partial charge in [-0.05, 0) is 44.0 Å². The van der Waals surface area contributed by atoms with Crippen LogP contribution in [0.1, 0.15) is 12.8 Å². The normalized spacial score (nSPS) is 29.2. The Kier molecular flexibility index (Phi) is 3.10. The minimum absolute atomic E-state index is 0.313. The van der Waals surface area contributed by atoms with Gasteiger partial charge >= 0.3 is 5.69 Å². The Morgan fingerprint density at radius 3 is 2.68 bits per heavy atom. The van der Waals surface area contributed by atoms with Crippen molar-refractivity contribution in [1.29, 1.82) is 0 Å². The summed E-state index contributed by atoms with van der Waals surface area (Å²) in [4.78, 5) is 12.4. The molecule has 3 saturated heterocycles. The standard InChI is InChI=1S/C13H16FN3O2/c14-11-2-1-10(7-13(11)17(18)19)15-12-8-16-5-3-9(12)4-6-16/h1-2,7,9,12,15H,3-6,8H2. The van der Waals surface area contributed by atoms with Crippen LogP contribution < -0.4 is 5.32 Å². The molecule has 0 aliphatic carbocycles. The fourth-order valence-electron chi connectivity index (χ4n) is 3.09. The molecule has 1 atom stereocenters. The van der Waals surface area contributed by atoms with Crippen molar-refractivity contribution in [3.8, 4) is 0 Å². The highest BCUT2D eigenvalue weighted by Crippen LogP contribution is 2.30. The molecule has 1 aromatic rings. The number of hydrogen-bond acceptors (Lipinski definition) is 4. The molecule has 3 aliphatic heterocycles. The molecule has 6 heteroatoms. The van der Waals surface area contributed by atoms with Crippen molar-refractivity contribution < 1.29 is 9.31 Å². The number of anilines is 1. The average Bonchev–Trinajstić information content (AvgIpc) is 2.42. The van der Waals surface area contributed by atoms with Gasteiger partial charge in [-0.3, -0.25) is 10.1 Å². The predicted molar refractivity (Wildman–Crippen MR) is 69.6 cm³/mol. The van der Waals surface area contributed by atoms with Gasteiger partial charge in [-0.1, -0.05) is 0 Å². The smallest absolute Gasteiger partial charge is 0.306 e. The van der Waals surface area contributed by atoms with E-state index >= 15 is 0 Å². The van der Waals surface area contributed by atoms with Crippen LogP contribution in [0.5, 0.6) is 0 Å². The summed E-state index contributed by atoms with van der Waals surface area (Å²) in [6.45, 7) is 3.26. The monoisotopic (exact) mass is 265 g/mol. The highest BCUT2D eigenvalue weighted by Gasteiger charge is 2.34. The SMILES string of the molecule is O=[N+]([O-])c1cc(NC2CN3CCC2CC3)ccc1F. The number of hydrogen-bond donors (Lipinski definition) is 1. The first-order valence-electron chi connectivity index (χ1n) is 6.56. The number of halogens is 1. The van der Waals surface area contributed by atoms with E-state index in [4.69, 9.17) is 0 Å². The van der Waals surface area contributed by atoms with Crippen molar-refractivity contribution in [2.24, 2.45) is 5.92 Å². The molecule has 19 heavy (non-hydrogen) atoms. The van der Waals surface area contributed by atoms with Crippen molar-refractivity contribution in [3.63, 3.8) is 0 Å². The van der Waals surface area contributed by atoms with E-state index in [1.807, 2.05) is 0 Å². The van der Waals surface area contributed by atoms with Gasteiger partial charge < -0.3 is 10.2 Å². The molecule has 0 aromatic heterocycles. The van der Waals surface area contributed by atoms with Crippen LogP contribution in [0.3, 0.4) is 0 Å².